The van der Waals surface area contributed by atoms with Crippen molar-refractivity contribution < 1.29 is 4.74 Å². The Kier molecular flexibility index (Phi) is 4.53. The third-order valence-corrected chi connectivity index (χ3v) is 2.89. The Morgan fingerprint density at radius 3 is 2.53 bits per heavy atom. The number of nitrogens with one attached hydrogen (secondary N) is 1. The van der Waals surface area contributed by atoms with Crippen molar-refractivity contribution in [2.75, 3.05) is 5.43 Å². The number of anilines is 1. The number of rotatable bonds is 5. The van der Waals surface area contributed by atoms with Gasteiger partial charge in [0.15, 0.2) is 0 Å². The molecule has 0 aliphatic rings. The van der Waals surface area contributed by atoms with Crippen molar-refractivity contribution in [3.63, 3.8) is 0 Å². The highest BCUT2D eigenvalue weighted by molar-refractivity contribution is 7.99. The molecule has 2 rings (SSSR count). The molecular formula is C12H15N5OS. The van der Waals surface area contributed by atoms with E-state index in [4.69, 9.17) is 10.6 Å². The fourth-order valence-electron chi connectivity index (χ4n) is 1.31. The first-order chi connectivity index (χ1) is 9.17. The Hall–Kier alpha value is -1.86. The lowest BCUT2D eigenvalue weighted by molar-refractivity contribution is 0.219. The topological polar surface area (TPSA) is 86.0 Å². The molecule has 7 heteroatoms. The van der Waals surface area contributed by atoms with Crippen molar-refractivity contribution in [3.8, 4) is 6.01 Å². The Morgan fingerprint density at radius 2 is 1.89 bits per heavy atom. The number of hydrazine groups is 1. The standard InChI is InChI=1S/C12H15N5OS/c1-8(2)18-11-14-10(17-13)15-12(16-11)19-9-6-4-3-5-7-9/h3-8H,13H2,1-2H3,(H,14,15,16,17). The van der Waals surface area contributed by atoms with Crippen LogP contribution >= 0.6 is 11.8 Å². The van der Waals surface area contributed by atoms with Gasteiger partial charge < -0.3 is 4.74 Å². The zero-order valence-corrected chi connectivity index (χ0v) is 11.5. The lowest BCUT2D eigenvalue weighted by atomic mass is 10.4. The van der Waals surface area contributed by atoms with Crippen molar-refractivity contribution >= 4 is 17.7 Å². The molecule has 3 N–H and O–H groups in total. The van der Waals surface area contributed by atoms with Gasteiger partial charge in [0.2, 0.25) is 11.1 Å². The van der Waals surface area contributed by atoms with Gasteiger partial charge in [0, 0.05) is 4.90 Å². The van der Waals surface area contributed by atoms with Gasteiger partial charge in [-0.2, -0.15) is 15.0 Å². The molecule has 0 amide bonds. The van der Waals surface area contributed by atoms with E-state index in [1.807, 2.05) is 44.2 Å². The summed E-state index contributed by atoms with van der Waals surface area (Å²) in [4.78, 5) is 13.5. The molecule has 0 radical (unpaired) electrons. The van der Waals surface area contributed by atoms with Gasteiger partial charge in [-0.15, -0.1) is 0 Å². The molecule has 0 fully saturated rings. The highest BCUT2D eigenvalue weighted by Gasteiger charge is 2.09. The number of aromatic nitrogens is 3. The molecule has 0 spiro atoms. The van der Waals surface area contributed by atoms with Crippen LogP contribution in [0.2, 0.25) is 0 Å². The number of hydrogen-bond donors (Lipinski definition) is 2. The van der Waals surface area contributed by atoms with E-state index in [-0.39, 0.29) is 18.1 Å². The fourth-order valence-corrected chi connectivity index (χ4v) is 2.07. The highest BCUT2D eigenvalue weighted by Crippen LogP contribution is 2.25. The van der Waals surface area contributed by atoms with Crippen molar-refractivity contribution in [2.24, 2.45) is 5.84 Å². The maximum atomic E-state index is 5.46. The van der Waals surface area contributed by atoms with E-state index in [9.17, 15) is 0 Å². The number of ether oxygens (including phenoxy) is 1. The highest BCUT2D eigenvalue weighted by atomic mass is 32.2. The van der Waals surface area contributed by atoms with Gasteiger partial charge in [-0.05, 0) is 37.7 Å². The van der Waals surface area contributed by atoms with Crippen LogP contribution in [0.4, 0.5) is 5.95 Å². The monoisotopic (exact) mass is 277 g/mol. The first kappa shape index (κ1) is 13.6. The van der Waals surface area contributed by atoms with Gasteiger partial charge in [0.1, 0.15) is 0 Å². The van der Waals surface area contributed by atoms with Gasteiger partial charge in [0.05, 0.1) is 6.10 Å². The quantitative estimate of drug-likeness (QED) is 0.639. The van der Waals surface area contributed by atoms with E-state index in [0.717, 1.165) is 4.90 Å². The summed E-state index contributed by atoms with van der Waals surface area (Å²) in [6.45, 7) is 3.81. The third kappa shape index (κ3) is 4.08. The van der Waals surface area contributed by atoms with Gasteiger partial charge >= 0.3 is 6.01 Å². The van der Waals surface area contributed by atoms with Crippen LogP contribution in [0.1, 0.15) is 13.8 Å². The second-order valence-corrected chi connectivity index (χ2v) is 4.99. The Bertz CT molecular complexity index is 535. The molecule has 0 saturated carbocycles. The van der Waals surface area contributed by atoms with Crippen molar-refractivity contribution in [1.29, 1.82) is 0 Å². The van der Waals surface area contributed by atoms with E-state index < -0.39 is 0 Å². The predicted octanol–water partition coefficient (Wildman–Crippen LogP) is 2.10. The minimum Gasteiger partial charge on any atom is -0.461 e. The Labute approximate surface area is 115 Å². The fraction of sp³-hybridized carbons (Fsp3) is 0.250. The van der Waals surface area contributed by atoms with Crippen LogP contribution in [-0.2, 0) is 0 Å². The first-order valence-electron chi connectivity index (χ1n) is 5.79. The minimum atomic E-state index is -0.0115. The molecular weight excluding hydrogens is 262 g/mol. The smallest absolute Gasteiger partial charge is 0.322 e. The summed E-state index contributed by atoms with van der Waals surface area (Å²) >= 11 is 1.42. The molecule has 0 atom stereocenters. The van der Waals surface area contributed by atoms with Crippen LogP contribution in [0.15, 0.2) is 40.4 Å². The summed E-state index contributed by atoms with van der Waals surface area (Å²) in [5.41, 5.74) is 2.41. The van der Waals surface area contributed by atoms with Crippen LogP contribution in [-0.4, -0.2) is 21.1 Å². The van der Waals surface area contributed by atoms with Gasteiger partial charge in [-0.25, -0.2) is 5.84 Å². The largest absolute Gasteiger partial charge is 0.461 e. The van der Waals surface area contributed by atoms with Crippen LogP contribution in [0.5, 0.6) is 6.01 Å². The first-order valence-corrected chi connectivity index (χ1v) is 6.61. The van der Waals surface area contributed by atoms with E-state index >= 15 is 0 Å². The number of nitrogen functional groups attached to an aromatic ring is 1. The third-order valence-electron chi connectivity index (χ3n) is 2.02. The van der Waals surface area contributed by atoms with Gasteiger partial charge in [-0.1, -0.05) is 18.2 Å². The lowest BCUT2D eigenvalue weighted by Gasteiger charge is -2.09. The summed E-state index contributed by atoms with van der Waals surface area (Å²) < 4.78 is 5.46. The maximum Gasteiger partial charge on any atom is 0.322 e. The summed E-state index contributed by atoms with van der Waals surface area (Å²) in [6, 6.07) is 10.1. The number of nitrogens with zero attached hydrogens (tertiary/aromatic N) is 3. The van der Waals surface area contributed by atoms with Crippen LogP contribution in [0, 0.1) is 0 Å². The molecule has 19 heavy (non-hydrogen) atoms. The Balaban J connectivity index is 2.24. The SMILES string of the molecule is CC(C)Oc1nc(NN)nc(Sc2ccccc2)n1. The second kappa shape index (κ2) is 6.35. The average Bonchev–Trinajstić information content (AvgIpc) is 2.38. The van der Waals surface area contributed by atoms with E-state index in [1.165, 1.54) is 11.8 Å². The van der Waals surface area contributed by atoms with Crippen molar-refractivity contribution in [2.45, 2.75) is 30.0 Å². The number of nitrogens with two attached hydrogens (primary N) is 1. The summed E-state index contributed by atoms with van der Waals surface area (Å²) in [5, 5.41) is 0.532. The summed E-state index contributed by atoms with van der Waals surface area (Å²) in [6.07, 6.45) is -0.0115. The zero-order chi connectivity index (χ0) is 13.7. The molecule has 0 saturated heterocycles. The minimum absolute atomic E-state index is 0.0115. The molecule has 1 aromatic carbocycles. The number of benzene rings is 1. The molecule has 1 heterocycles. The van der Waals surface area contributed by atoms with Crippen LogP contribution < -0.4 is 16.0 Å². The maximum absolute atomic E-state index is 5.46. The molecule has 1 aromatic heterocycles. The summed E-state index contributed by atoms with van der Waals surface area (Å²) in [5.74, 6) is 5.63. The molecule has 2 aromatic rings. The van der Waals surface area contributed by atoms with Crippen LogP contribution in [0.3, 0.4) is 0 Å². The van der Waals surface area contributed by atoms with Gasteiger partial charge in [0.25, 0.3) is 0 Å². The average molecular weight is 277 g/mol. The second-order valence-electron chi connectivity index (χ2n) is 3.95. The molecule has 0 aliphatic heterocycles. The normalized spacial score (nSPS) is 10.5. The van der Waals surface area contributed by atoms with Gasteiger partial charge in [-0.3, -0.25) is 5.43 Å². The molecule has 6 nitrogen and oxygen atoms in total. The Morgan fingerprint density at radius 1 is 1.16 bits per heavy atom. The van der Waals surface area contributed by atoms with Crippen molar-refractivity contribution in [1.82, 2.24) is 15.0 Å². The van der Waals surface area contributed by atoms with Crippen LogP contribution in [0.25, 0.3) is 0 Å². The molecule has 0 bridgehead atoms. The van der Waals surface area contributed by atoms with E-state index in [1.54, 1.807) is 0 Å². The molecule has 100 valence electrons. The van der Waals surface area contributed by atoms with E-state index in [2.05, 4.69) is 20.4 Å². The van der Waals surface area contributed by atoms with Crippen molar-refractivity contribution in [3.05, 3.63) is 30.3 Å². The lowest BCUT2D eigenvalue weighted by Crippen LogP contribution is -2.14. The zero-order valence-electron chi connectivity index (χ0n) is 10.7. The molecule has 0 unspecified atom stereocenters. The molecule has 0 aliphatic carbocycles. The summed E-state index contributed by atoms with van der Waals surface area (Å²) in [7, 11) is 0. The number of hydrogen-bond acceptors (Lipinski definition) is 7. The predicted molar refractivity (Wildman–Crippen MR) is 74.0 cm³/mol. The van der Waals surface area contributed by atoms with E-state index in [0.29, 0.717) is 5.16 Å².